The number of pyridine rings is 1. The van der Waals surface area contributed by atoms with Gasteiger partial charge in [-0.3, -0.25) is 4.79 Å². The van der Waals surface area contributed by atoms with E-state index in [0.717, 1.165) is 16.1 Å². The first-order valence-electron chi connectivity index (χ1n) is 9.70. The first-order valence-corrected chi connectivity index (χ1v) is 11.2. The largest absolute Gasteiger partial charge is 0.463 e. The molecule has 1 amide bonds. The van der Waals surface area contributed by atoms with E-state index >= 15 is 0 Å². The molecular formula is C22H26N4O2S2. The zero-order valence-electron chi connectivity index (χ0n) is 16.7. The number of nitrogens with two attached hydrogens (primary N) is 1. The topological polar surface area (TPSA) is 89.3 Å². The van der Waals surface area contributed by atoms with Crippen LogP contribution in [0.5, 0.6) is 5.88 Å². The summed E-state index contributed by atoms with van der Waals surface area (Å²) in [6.45, 7) is 2.71. The van der Waals surface area contributed by atoms with Gasteiger partial charge in [-0.05, 0) is 30.5 Å². The van der Waals surface area contributed by atoms with Gasteiger partial charge in [-0.25, -0.2) is 4.98 Å². The van der Waals surface area contributed by atoms with Crippen LogP contribution in [-0.2, 0) is 11.3 Å². The quantitative estimate of drug-likeness (QED) is 0.361. The van der Waals surface area contributed by atoms with E-state index in [1.165, 1.54) is 0 Å². The summed E-state index contributed by atoms with van der Waals surface area (Å²) in [4.78, 5) is 18.3. The smallest absolute Gasteiger partial charge is 0.261 e. The van der Waals surface area contributed by atoms with Crippen molar-refractivity contribution in [3.05, 3.63) is 64.9 Å². The number of nitrogens with zero attached hydrogens (tertiary/aromatic N) is 1. The van der Waals surface area contributed by atoms with Crippen LogP contribution in [0.15, 0.2) is 60.0 Å². The number of ether oxygens (including phenoxy) is 1. The predicted octanol–water partition coefficient (Wildman–Crippen LogP) is 3.56. The lowest BCUT2D eigenvalue weighted by Gasteiger charge is -2.19. The van der Waals surface area contributed by atoms with Crippen molar-refractivity contribution in [2.75, 3.05) is 17.6 Å². The molecule has 0 saturated heterocycles. The van der Waals surface area contributed by atoms with Crippen molar-refractivity contribution < 1.29 is 9.53 Å². The first-order chi connectivity index (χ1) is 14.6. The number of benzene rings is 1. The lowest BCUT2D eigenvalue weighted by molar-refractivity contribution is -0.127. The van der Waals surface area contributed by atoms with Crippen molar-refractivity contribution >= 4 is 35.6 Å². The lowest BCUT2D eigenvalue weighted by atomic mass is 10.1. The Labute approximate surface area is 186 Å². The van der Waals surface area contributed by atoms with Crippen molar-refractivity contribution in [2.24, 2.45) is 5.73 Å². The third kappa shape index (κ3) is 6.22. The Morgan fingerprint density at radius 1 is 1.20 bits per heavy atom. The number of hydrogen-bond donors (Lipinski definition) is 4. The summed E-state index contributed by atoms with van der Waals surface area (Å²) in [6, 6.07) is 17.5. The molecule has 158 valence electrons. The van der Waals surface area contributed by atoms with Gasteiger partial charge in [-0.2, -0.15) is 12.6 Å². The number of anilines is 1. The lowest BCUT2D eigenvalue weighted by Crippen LogP contribution is -2.36. The molecule has 6 nitrogen and oxygen atoms in total. The molecule has 30 heavy (non-hydrogen) atoms. The maximum absolute atomic E-state index is 12.5. The molecule has 0 aliphatic carbocycles. The molecule has 0 fully saturated rings. The normalized spacial score (nSPS) is 12.8. The van der Waals surface area contributed by atoms with Gasteiger partial charge in [-0.15, -0.1) is 11.3 Å². The van der Waals surface area contributed by atoms with Gasteiger partial charge in [0.15, 0.2) is 6.10 Å². The second-order valence-corrected chi connectivity index (χ2v) is 8.19. The summed E-state index contributed by atoms with van der Waals surface area (Å²) < 4.78 is 5.96. The highest BCUT2D eigenvalue weighted by Gasteiger charge is 2.18. The van der Waals surface area contributed by atoms with Crippen molar-refractivity contribution in [3.63, 3.8) is 0 Å². The fourth-order valence-electron chi connectivity index (χ4n) is 2.69. The maximum atomic E-state index is 12.5. The molecule has 2 unspecified atom stereocenters. The molecule has 3 aromatic rings. The van der Waals surface area contributed by atoms with Crippen LogP contribution in [0.3, 0.4) is 0 Å². The summed E-state index contributed by atoms with van der Waals surface area (Å²) in [5.74, 6) is 0.718. The van der Waals surface area contributed by atoms with Crippen LogP contribution in [-0.4, -0.2) is 35.3 Å². The molecule has 0 spiro atoms. The number of thiol groups is 1. The highest BCUT2D eigenvalue weighted by molar-refractivity contribution is 7.80. The fraction of sp³-hybridized carbons (Fsp3) is 0.273. The van der Waals surface area contributed by atoms with E-state index in [1.807, 2.05) is 60.0 Å². The molecule has 2 heterocycles. The molecule has 4 N–H and O–H groups in total. The van der Waals surface area contributed by atoms with Crippen LogP contribution in [0, 0.1) is 0 Å². The SMILES string of the molecule is CC(Oc1nc(-c2ccccc2)ccc1NCC(N)CS)C(=O)NCc1cccs1. The average molecular weight is 443 g/mol. The van der Waals surface area contributed by atoms with Crippen LogP contribution in [0.1, 0.15) is 11.8 Å². The molecule has 0 saturated carbocycles. The molecule has 8 heteroatoms. The Morgan fingerprint density at radius 2 is 2.00 bits per heavy atom. The van der Waals surface area contributed by atoms with Crippen molar-refractivity contribution in [1.82, 2.24) is 10.3 Å². The van der Waals surface area contributed by atoms with Crippen molar-refractivity contribution in [3.8, 4) is 17.1 Å². The van der Waals surface area contributed by atoms with Gasteiger partial charge in [0.05, 0.1) is 17.9 Å². The van der Waals surface area contributed by atoms with Crippen LogP contribution in [0.4, 0.5) is 5.69 Å². The summed E-state index contributed by atoms with van der Waals surface area (Å²) in [5, 5.41) is 8.13. The van der Waals surface area contributed by atoms with E-state index in [2.05, 4.69) is 28.2 Å². The average Bonchev–Trinajstić information content (AvgIpc) is 3.30. The predicted molar refractivity (Wildman–Crippen MR) is 126 cm³/mol. The molecule has 2 aromatic heterocycles. The number of hydrogen-bond acceptors (Lipinski definition) is 7. The van der Waals surface area contributed by atoms with E-state index in [9.17, 15) is 4.79 Å². The molecule has 0 bridgehead atoms. The van der Waals surface area contributed by atoms with E-state index in [1.54, 1.807) is 18.3 Å². The number of nitrogens with one attached hydrogen (secondary N) is 2. The van der Waals surface area contributed by atoms with Crippen molar-refractivity contribution in [2.45, 2.75) is 25.6 Å². The molecule has 3 rings (SSSR count). The summed E-state index contributed by atoms with van der Waals surface area (Å²) in [5.41, 5.74) is 8.38. The molecule has 0 radical (unpaired) electrons. The number of aromatic nitrogens is 1. The maximum Gasteiger partial charge on any atom is 0.261 e. The van der Waals surface area contributed by atoms with Gasteiger partial charge < -0.3 is 21.1 Å². The third-order valence-electron chi connectivity index (χ3n) is 4.39. The Bertz CT molecular complexity index is 936. The highest BCUT2D eigenvalue weighted by Crippen LogP contribution is 2.28. The zero-order chi connectivity index (χ0) is 21.3. The van der Waals surface area contributed by atoms with Gasteiger partial charge in [0, 0.05) is 28.8 Å². The van der Waals surface area contributed by atoms with Crippen LogP contribution in [0.25, 0.3) is 11.3 Å². The van der Waals surface area contributed by atoms with Crippen LogP contribution in [0.2, 0.25) is 0 Å². The molecule has 2 atom stereocenters. The van der Waals surface area contributed by atoms with Crippen LogP contribution >= 0.6 is 24.0 Å². The molecule has 0 aliphatic rings. The Balaban J connectivity index is 1.75. The Hall–Kier alpha value is -2.55. The fourth-order valence-corrected chi connectivity index (χ4v) is 3.47. The second kappa shape index (κ2) is 11.0. The number of amides is 1. The van der Waals surface area contributed by atoms with Crippen LogP contribution < -0.4 is 21.1 Å². The summed E-state index contributed by atoms with van der Waals surface area (Å²) >= 11 is 5.82. The van der Waals surface area contributed by atoms with E-state index in [0.29, 0.717) is 30.4 Å². The molecule has 0 aliphatic heterocycles. The summed E-state index contributed by atoms with van der Waals surface area (Å²) in [6.07, 6.45) is -0.706. The third-order valence-corrected chi connectivity index (χ3v) is 5.74. The van der Waals surface area contributed by atoms with Gasteiger partial charge in [0.1, 0.15) is 0 Å². The Kier molecular flexibility index (Phi) is 8.12. The van der Waals surface area contributed by atoms with Crippen molar-refractivity contribution in [1.29, 1.82) is 0 Å². The summed E-state index contributed by atoms with van der Waals surface area (Å²) in [7, 11) is 0. The van der Waals surface area contributed by atoms with Gasteiger partial charge in [-0.1, -0.05) is 36.4 Å². The second-order valence-electron chi connectivity index (χ2n) is 6.80. The number of carbonyl (C=O) groups excluding carboxylic acids is 1. The van der Waals surface area contributed by atoms with Gasteiger partial charge in [0.2, 0.25) is 5.88 Å². The van der Waals surface area contributed by atoms with Gasteiger partial charge >= 0.3 is 0 Å². The van der Waals surface area contributed by atoms with E-state index in [-0.39, 0.29) is 11.9 Å². The number of rotatable bonds is 10. The minimum absolute atomic E-state index is 0.110. The van der Waals surface area contributed by atoms with E-state index < -0.39 is 6.10 Å². The minimum Gasteiger partial charge on any atom is -0.463 e. The number of thiophene rings is 1. The first kappa shape index (κ1) is 22.1. The molecule has 1 aromatic carbocycles. The standard InChI is InChI=1S/C22H26N4O2S2/c1-15(21(27)25-13-18-8-5-11-30-18)28-22-20(24-12-17(23)14-29)10-9-19(26-22)16-6-3-2-4-7-16/h2-11,15,17,24,29H,12-14,23H2,1H3,(H,25,27). The molecular weight excluding hydrogens is 416 g/mol. The highest BCUT2D eigenvalue weighted by atomic mass is 32.1. The monoisotopic (exact) mass is 442 g/mol. The zero-order valence-corrected chi connectivity index (χ0v) is 18.5. The van der Waals surface area contributed by atoms with E-state index in [4.69, 9.17) is 10.5 Å². The Morgan fingerprint density at radius 3 is 2.70 bits per heavy atom. The number of carbonyl (C=O) groups is 1. The van der Waals surface area contributed by atoms with Gasteiger partial charge in [0.25, 0.3) is 5.91 Å². The minimum atomic E-state index is -0.706.